The van der Waals surface area contributed by atoms with Crippen molar-refractivity contribution in [1.29, 1.82) is 0 Å². The molecule has 0 unspecified atom stereocenters. The van der Waals surface area contributed by atoms with Crippen LogP contribution in [0.4, 0.5) is 0 Å². The lowest BCUT2D eigenvalue weighted by Crippen LogP contribution is -2.16. The molecule has 0 spiro atoms. The molecular formula is C28H30. The molecule has 142 valence electrons. The molecule has 0 radical (unpaired) electrons. The Bertz CT molecular complexity index is 1200. The van der Waals surface area contributed by atoms with Gasteiger partial charge in [-0.3, -0.25) is 0 Å². The zero-order valence-electron chi connectivity index (χ0n) is 18.0. The van der Waals surface area contributed by atoms with Crippen LogP contribution in [0.3, 0.4) is 0 Å². The molecule has 28 heavy (non-hydrogen) atoms. The van der Waals surface area contributed by atoms with Crippen LogP contribution in [0.15, 0.2) is 42.0 Å². The van der Waals surface area contributed by atoms with Gasteiger partial charge in [-0.2, -0.15) is 0 Å². The summed E-state index contributed by atoms with van der Waals surface area (Å²) in [5, 5.41) is 5.83. The molecule has 0 aliphatic heterocycles. The topological polar surface area (TPSA) is 0 Å². The van der Waals surface area contributed by atoms with Crippen LogP contribution in [0.1, 0.15) is 69.4 Å². The minimum atomic E-state index is 0.148. The number of benzene rings is 3. The molecule has 0 atom stereocenters. The van der Waals surface area contributed by atoms with Crippen LogP contribution in [-0.2, 0) is 18.3 Å². The van der Waals surface area contributed by atoms with E-state index in [1.54, 1.807) is 5.57 Å². The third-order valence-corrected chi connectivity index (χ3v) is 6.65. The highest BCUT2D eigenvalue weighted by Gasteiger charge is 2.27. The van der Waals surface area contributed by atoms with Gasteiger partial charge in [-0.1, -0.05) is 89.6 Å². The monoisotopic (exact) mass is 366 g/mol. The first-order valence-corrected chi connectivity index (χ1v) is 10.6. The van der Waals surface area contributed by atoms with Crippen molar-refractivity contribution in [2.75, 3.05) is 0 Å². The van der Waals surface area contributed by atoms with Crippen molar-refractivity contribution >= 4 is 33.7 Å². The zero-order chi connectivity index (χ0) is 19.8. The molecule has 0 saturated heterocycles. The quantitative estimate of drug-likeness (QED) is 0.355. The Balaban J connectivity index is 1.98. The Kier molecular flexibility index (Phi) is 3.55. The molecule has 3 aromatic carbocycles. The molecular weight excluding hydrogens is 336 g/mol. The predicted octanol–water partition coefficient (Wildman–Crippen LogP) is 7.85. The summed E-state index contributed by atoms with van der Waals surface area (Å²) in [6.45, 7) is 14.0. The highest BCUT2D eigenvalue weighted by atomic mass is 14.3. The highest BCUT2D eigenvalue weighted by molar-refractivity contribution is 6.17. The largest absolute Gasteiger partial charge is 0.0795 e. The smallest absolute Gasteiger partial charge is 0.00521 e. The second-order valence-electron chi connectivity index (χ2n) is 10.7. The van der Waals surface area contributed by atoms with Gasteiger partial charge in [0.1, 0.15) is 0 Å². The van der Waals surface area contributed by atoms with E-state index in [1.165, 1.54) is 49.4 Å². The maximum Gasteiger partial charge on any atom is -0.00521 e. The molecule has 3 aromatic rings. The average molecular weight is 367 g/mol. The molecule has 0 amide bonds. The van der Waals surface area contributed by atoms with E-state index in [9.17, 15) is 0 Å². The first-order chi connectivity index (χ1) is 13.1. The molecule has 0 nitrogen and oxygen atoms in total. The molecule has 0 N–H and O–H groups in total. The Labute approximate surface area is 169 Å². The lowest BCUT2D eigenvalue weighted by molar-refractivity contribution is 0.495. The maximum atomic E-state index is 2.52. The zero-order valence-corrected chi connectivity index (χ0v) is 18.0. The van der Waals surface area contributed by atoms with Crippen molar-refractivity contribution < 1.29 is 0 Å². The van der Waals surface area contributed by atoms with E-state index in [2.05, 4.69) is 90.1 Å². The number of rotatable bonds is 0. The van der Waals surface area contributed by atoms with Gasteiger partial charge >= 0.3 is 0 Å². The van der Waals surface area contributed by atoms with Gasteiger partial charge < -0.3 is 0 Å². The Morgan fingerprint density at radius 3 is 2.32 bits per heavy atom. The Morgan fingerprint density at radius 2 is 1.61 bits per heavy atom. The van der Waals surface area contributed by atoms with E-state index in [1.807, 2.05) is 0 Å². The lowest BCUT2D eigenvalue weighted by atomic mass is 9.73. The average Bonchev–Trinajstić information content (AvgIpc) is 2.63. The molecule has 2 aliphatic rings. The van der Waals surface area contributed by atoms with E-state index >= 15 is 0 Å². The van der Waals surface area contributed by atoms with Crippen molar-refractivity contribution in [2.24, 2.45) is 5.41 Å². The summed E-state index contributed by atoms with van der Waals surface area (Å²) in [6.07, 6.45) is 9.31. The van der Waals surface area contributed by atoms with Crippen molar-refractivity contribution in [3.05, 3.63) is 69.8 Å². The van der Waals surface area contributed by atoms with Crippen LogP contribution in [0.25, 0.3) is 33.7 Å². The highest BCUT2D eigenvalue weighted by Crippen LogP contribution is 2.46. The van der Waals surface area contributed by atoms with Crippen LogP contribution in [0.2, 0.25) is 0 Å². The number of hydrogen-bond acceptors (Lipinski definition) is 0. The molecule has 0 saturated carbocycles. The predicted molar refractivity (Wildman–Crippen MR) is 124 cm³/mol. The number of allylic oxidation sites excluding steroid dienone is 2. The maximum absolute atomic E-state index is 2.52. The lowest BCUT2D eigenvalue weighted by Gasteiger charge is -2.31. The van der Waals surface area contributed by atoms with Gasteiger partial charge in [0.2, 0.25) is 0 Å². The van der Waals surface area contributed by atoms with Crippen molar-refractivity contribution in [2.45, 2.75) is 59.8 Å². The van der Waals surface area contributed by atoms with Crippen LogP contribution >= 0.6 is 0 Å². The molecule has 0 fully saturated rings. The Hall–Kier alpha value is -2.34. The number of hydrogen-bond donors (Lipinski definition) is 0. The first-order valence-electron chi connectivity index (χ1n) is 10.6. The molecule has 0 aromatic heterocycles. The van der Waals surface area contributed by atoms with Gasteiger partial charge in [0.05, 0.1) is 0 Å². The van der Waals surface area contributed by atoms with Crippen molar-refractivity contribution in [3.8, 4) is 0 Å². The van der Waals surface area contributed by atoms with Gasteiger partial charge in [-0.05, 0) is 79.1 Å². The van der Waals surface area contributed by atoms with Gasteiger partial charge in [0, 0.05) is 0 Å². The second kappa shape index (κ2) is 5.60. The fraction of sp³-hybridized carbons (Fsp3) is 0.357. The van der Waals surface area contributed by atoms with E-state index in [-0.39, 0.29) is 10.8 Å². The fourth-order valence-electron chi connectivity index (χ4n) is 4.94. The third kappa shape index (κ3) is 2.50. The van der Waals surface area contributed by atoms with E-state index in [0.717, 1.165) is 12.8 Å². The minimum absolute atomic E-state index is 0.148. The van der Waals surface area contributed by atoms with Gasteiger partial charge in [0.25, 0.3) is 0 Å². The summed E-state index contributed by atoms with van der Waals surface area (Å²) in [5.41, 5.74) is 9.21. The van der Waals surface area contributed by atoms with E-state index in [4.69, 9.17) is 0 Å². The third-order valence-electron chi connectivity index (χ3n) is 6.65. The van der Waals surface area contributed by atoms with Gasteiger partial charge in [-0.15, -0.1) is 0 Å². The summed E-state index contributed by atoms with van der Waals surface area (Å²) in [5.74, 6) is 0. The van der Waals surface area contributed by atoms with Crippen LogP contribution in [0.5, 0.6) is 0 Å². The van der Waals surface area contributed by atoms with E-state index in [0.29, 0.717) is 0 Å². The van der Waals surface area contributed by atoms with Gasteiger partial charge in [0.15, 0.2) is 0 Å². The summed E-state index contributed by atoms with van der Waals surface area (Å²) in [7, 11) is 0. The fourth-order valence-corrected chi connectivity index (χ4v) is 4.94. The van der Waals surface area contributed by atoms with Gasteiger partial charge in [-0.25, -0.2) is 0 Å². The summed E-state index contributed by atoms with van der Waals surface area (Å²) >= 11 is 0. The number of fused-ring (bicyclic) bond motifs is 2. The van der Waals surface area contributed by atoms with Crippen molar-refractivity contribution in [3.63, 3.8) is 0 Å². The standard InChI is InChI=1S/C28H30/c1-27(2,3)19-13-17-9-7-12-22-24-16-20(28(4,5)6)14-18-10-8-11-21(26(18)24)23(15-19)25(17)22/h7-11,13,15-16H,12,14H2,1-6H3. The molecule has 2 aliphatic carbocycles. The van der Waals surface area contributed by atoms with E-state index < -0.39 is 0 Å². The molecule has 0 bridgehead atoms. The summed E-state index contributed by atoms with van der Waals surface area (Å²) in [6, 6.07) is 11.8. The minimum Gasteiger partial charge on any atom is -0.0795 e. The van der Waals surface area contributed by atoms with Crippen LogP contribution in [-0.4, -0.2) is 0 Å². The molecule has 0 heteroatoms. The van der Waals surface area contributed by atoms with Crippen LogP contribution in [0, 0.1) is 5.41 Å². The second-order valence-corrected chi connectivity index (χ2v) is 10.7. The molecule has 5 rings (SSSR count). The first kappa shape index (κ1) is 17.7. The van der Waals surface area contributed by atoms with Crippen LogP contribution < -0.4 is 0 Å². The summed E-state index contributed by atoms with van der Waals surface area (Å²) < 4.78 is 0. The summed E-state index contributed by atoms with van der Waals surface area (Å²) in [4.78, 5) is 0. The van der Waals surface area contributed by atoms with Crippen molar-refractivity contribution in [1.82, 2.24) is 0 Å². The Morgan fingerprint density at radius 1 is 0.821 bits per heavy atom. The SMILES string of the molecule is CC(C)(C)C1=Cc2c3c4c(cc(C(C)(C)C)cc4c4cccc(c24)C1)C=CC3. The molecule has 0 heterocycles. The normalized spacial score (nSPS) is 16.0.